The number of furan rings is 1. The van der Waals surface area contributed by atoms with Crippen LogP contribution in [-0.4, -0.2) is 27.2 Å². The van der Waals surface area contributed by atoms with Crippen molar-refractivity contribution in [3.8, 4) is 0 Å². The molecule has 8 heteroatoms. The number of aryl methyl sites for hydroxylation is 1. The molecule has 0 atom stereocenters. The lowest BCUT2D eigenvalue weighted by molar-refractivity contribution is 0.0692. The first-order chi connectivity index (χ1) is 8.61. The third-order valence-corrected chi connectivity index (χ3v) is 3.11. The van der Waals surface area contributed by atoms with Crippen LogP contribution in [0.3, 0.4) is 0 Å². The highest BCUT2D eigenvalue weighted by Gasteiger charge is 2.20. The Morgan fingerprint density at radius 1 is 1.39 bits per heavy atom. The van der Waals surface area contributed by atoms with Gasteiger partial charge in [-0.3, -0.25) is 10.1 Å². The molecule has 0 bridgehead atoms. The molecule has 2 rings (SSSR count). The van der Waals surface area contributed by atoms with Crippen LogP contribution in [0.5, 0.6) is 0 Å². The maximum atomic E-state index is 11.8. The summed E-state index contributed by atoms with van der Waals surface area (Å²) >= 11 is 1.24. The molecule has 0 aliphatic carbocycles. The van der Waals surface area contributed by atoms with Gasteiger partial charge in [0.15, 0.2) is 0 Å². The van der Waals surface area contributed by atoms with E-state index in [1.165, 1.54) is 11.3 Å². The molecule has 0 aliphatic rings. The van der Waals surface area contributed by atoms with E-state index in [0.717, 1.165) is 24.0 Å². The van der Waals surface area contributed by atoms with Crippen molar-refractivity contribution < 1.29 is 19.1 Å². The number of amides is 1. The summed E-state index contributed by atoms with van der Waals surface area (Å²) in [4.78, 5) is 22.6. The third kappa shape index (κ3) is 2.38. The van der Waals surface area contributed by atoms with E-state index in [2.05, 4.69) is 15.5 Å². The number of carboxylic acids is 1. The predicted molar refractivity (Wildman–Crippen MR) is 62.9 cm³/mol. The molecular formula is C10H9N3O4S. The molecule has 0 saturated heterocycles. The molecule has 94 valence electrons. The fourth-order valence-corrected chi connectivity index (χ4v) is 1.92. The minimum Gasteiger partial charge on any atom is -0.478 e. The largest absolute Gasteiger partial charge is 0.478 e. The Hall–Kier alpha value is -2.22. The topological polar surface area (TPSA) is 105 Å². The number of hydrogen-bond acceptors (Lipinski definition) is 6. The average Bonchev–Trinajstić information content (AvgIpc) is 2.96. The van der Waals surface area contributed by atoms with Crippen LogP contribution in [0, 0.1) is 0 Å². The number of rotatable bonds is 4. The molecule has 7 nitrogen and oxygen atoms in total. The van der Waals surface area contributed by atoms with Crippen molar-refractivity contribution >= 4 is 28.3 Å². The number of anilines is 1. The van der Waals surface area contributed by atoms with Gasteiger partial charge in [0.2, 0.25) is 5.13 Å². The van der Waals surface area contributed by atoms with Crippen LogP contribution in [-0.2, 0) is 6.42 Å². The number of hydrogen-bond donors (Lipinski definition) is 2. The van der Waals surface area contributed by atoms with Crippen LogP contribution >= 0.6 is 11.3 Å². The van der Waals surface area contributed by atoms with Crippen molar-refractivity contribution in [2.45, 2.75) is 13.3 Å². The van der Waals surface area contributed by atoms with Crippen LogP contribution in [0.15, 0.2) is 16.9 Å². The Labute approximate surface area is 105 Å². The van der Waals surface area contributed by atoms with Gasteiger partial charge in [0.05, 0.1) is 5.56 Å². The van der Waals surface area contributed by atoms with Crippen molar-refractivity contribution in [2.24, 2.45) is 0 Å². The van der Waals surface area contributed by atoms with E-state index in [9.17, 15) is 9.59 Å². The number of nitrogens with one attached hydrogen (secondary N) is 1. The van der Waals surface area contributed by atoms with E-state index in [-0.39, 0.29) is 11.1 Å². The van der Waals surface area contributed by atoms with Crippen molar-refractivity contribution in [3.63, 3.8) is 0 Å². The van der Waals surface area contributed by atoms with Crippen LogP contribution in [0.2, 0.25) is 0 Å². The molecule has 0 aliphatic heterocycles. The zero-order chi connectivity index (χ0) is 13.1. The van der Waals surface area contributed by atoms with Gasteiger partial charge in [0.25, 0.3) is 5.91 Å². The smallest absolute Gasteiger partial charge is 0.339 e. The fourth-order valence-electron chi connectivity index (χ4n) is 1.25. The molecule has 0 spiro atoms. The standard InChI is InChI=1S/C10H9N3O4S/c1-2-7-12-13-10(18-7)11-8(14)5-3-17-4-6(5)9(15)16/h3-4H,2H2,1H3,(H,15,16)(H,11,13,14). The fraction of sp³-hybridized carbons (Fsp3) is 0.200. The second-order valence-corrected chi connectivity index (χ2v) is 4.37. The highest BCUT2D eigenvalue weighted by atomic mass is 32.1. The quantitative estimate of drug-likeness (QED) is 0.872. The minimum absolute atomic E-state index is 0.0456. The maximum Gasteiger partial charge on any atom is 0.339 e. The lowest BCUT2D eigenvalue weighted by Gasteiger charge is -1.98. The van der Waals surface area contributed by atoms with Crippen molar-refractivity contribution in [3.05, 3.63) is 28.7 Å². The summed E-state index contributed by atoms with van der Waals surface area (Å²) in [6.45, 7) is 1.92. The van der Waals surface area contributed by atoms with Gasteiger partial charge in [-0.1, -0.05) is 18.3 Å². The molecule has 2 heterocycles. The van der Waals surface area contributed by atoms with Gasteiger partial charge in [0.1, 0.15) is 23.1 Å². The Morgan fingerprint density at radius 2 is 2.11 bits per heavy atom. The number of carbonyl (C=O) groups is 2. The second kappa shape index (κ2) is 4.96. The molecule has 0 unspecified atom stereocenters. The first-order valence-corrected chi connectivity index (χ1v) is 5.86. The molecule has 0 saturated carbocycles. The zero-order valence-electron chi connectivity index (χ0n) is 9.34. The summed E-state index contributed by atoms with van der Waals surface area (Å²) < 4.78 is 4.72. The third-order valence-electron chi connectivity index (χ3n) is 2.13. The van der Waals surface area contributed by atoms with E-state index in [1.807, 2.05) is 6.92 Å². The van der Waals surface area contributed by atoms with Crippen molar-refractivity contribution in [2.75, 3.05) is 5.32 Å². The lowest BCUT2D eigenvalue weighted by Crippen LogP contribution is -2.14. The number of carbonyl (C=O) groups excluding carboxylic acids is 1. The Morgan fingerprint density at radius 3 is 2.72 bits per heavy atom. The van der Waals surface area contributed by atoms with Crippen molar-refractivity contribution in [1.82, 2.24) is 10.2 Å². The van der Waals surface area contributed by atoms with Gasteiger partial charge in [-0.05, 0) is 6.42 Å². The summed E-state index contributed by atoms with van der Waals surface area (Å²) in [6.07, 6.45) is 2.81. The van der Waals surface area contributed by atoms with Gasteiger partial charge in [0, 0.05) is 0 Å². The number of nitrogens with zero attached hydrogens (tertiary/aromatic N) is 2. The van der Waals surface area contributed by atoms with Gasteiger partial charge >= 0.3 is 5.97 Å². The second-order valence-electron chi connectivity index (χ2n) is 3.31. The number of carboxylic acid groups (broad SMARTS) is 1. The molecule has 2 aromatic rings. The molecule has 0 aromatic carbocycles. The first kappa shape index (κ1) is 12.2. The van der Waals surface area contributed by atoms with Crippen LogP contribution in [0.25, 0.3) is 0 Å². The summed E-state index contributed by atoms with van der Waals surface area (Å²) in [5.74, 6) is -1.81. The number of aromatic nitrogens is 2. The van der Waals surface area contributed by atoms with Gasteiger partial charge < -0.3 is 9.52 Å². The van der Waals surface area contributed by atoms with E-state index in [0.29, 0.717) is 5.13 Å². The highest BCUT2D eigenvalue weighted by molar-refractivity contribution is 7.15. The van der Waals surface area contributed by atoms with Crippen LogP contribution in [0.1, 0.15) is 32.6 Å². The molecule has 0 radical (unpaired) electrons. The Balaban J connectivity index is 2.16. The molecule has 1 amide bonds. The SMILES string of the molecule is CCc1nnc(NC(=O)c2cocc2C(=O)O)s1. The van der Waals surface area contributed by atoms with Crippen LogP contribution < -0.4 is 5.32 Å². The average molecular weight is 267 g/mol. The number of aromatic carboxylic acids is 1. The first-order valence-electron chi connectivity index (χ1n) is 5.05. The van der Waals surface area contributed by atoms with Crippen LogP contribution in [0.4, 0.5) is 5.13 Å². The summed E-state index contributed by atoms with van der Waals surface area (Å²) in [5, 5.41) is 20.0. The minimum atomic E-state index is -1.22. The van der Waals surface area contributed by atoms with E-state index in [4.69, 9.17) is 9.52 Å². The summed E-state index contributed by atoms with van der Waals surface area (Å²) in [6, 6.07) is 0. The normalized spacial score (nSPS) is 10.3. The maximum absolute atomic E-state index is 11.8. The Kier molecular flexibility index (Phi) is 3.38. The predicted octanol–water partition coefficient (Wildman–Crippen LogP) is 1.64. The van der Waals surface area contributed by atoms with E-state index < -0.39 is 11.9 Å². The zero-order valence-corrected chi connectivity index (χ0v) is 10.2. The monoisotopic (exact) mass is 267 g/mol. The van der Waals surface area contributed by atoms with Crippen molar-refractivity contribution in [1.29, 1.82) is 0 Å². The van der Waals surface area contributed by atoms with Gasteiger partial charge in [-0.15, -0.1) is 10.2 Å². The molecular weight excluding hydrogens is 258 g/mol. The van der Waals surface area contributed by atoms with Gasteiger partial charge in [-0.25, -0.2) is 4.79 Å². The Bertz CT molecular complexity index is 589. The van der Waals surface area contributed by atoms with Gasteiger partial charge in [-0.2, -0.15) is 0 Å². The molecule has 18 heavy (non-hydrogen) atoms. The highest BCUT2D eigenvalue weighted by Crippen LogP contribution is 2.18. The molecule has 2 N–H and O–H groups in total. The molecule has 0 fully saturated rings. The molecule has 2 aromatic heterocycles. The van der Waals surface area contributed by atoms with E-state index >= 15 is 0 Å². The summed E-state index contributed by atoms with van der Waals surface area (Å²) in [7, 11) is 0. The van der Waals surface area contributed by atoms with E-state index in [1.54, 1.807) is 0 Å². The lowest BCUT2D eigenvalue weighted by atomic mass is 10.2. The summed E-state index contributed by atoms with van der Waals surface area (Å²) in [5.41, 5.74) is -0.233.